The third-order valence-electron chi connectivity index (χ3n) is 3.75. The van der Waals surface area contributed by atoms with E-state index < -0.39 is 24.5 Å². The maximum Gasteiger partial charge on any atom is 0.330 e. The summed E-state index contributed by atoms with van der Waals surface area (Å²) in [5.41, 5.74) is 1.77. The molecule has 0 fully saturated rings. The van der Waals surface area contributed by atoms with Gasteiger partial charge >= 0.3 is 5.97 Å². The van der Waals surface area contributed by atoms with Gasteiger partial charge in [-0.15, -0.1) is 0 Å². The molecule has 0 aliphatic heterocycles. The van der Waals surface area contributed by atoms with E-state index in [1.54, 1.807) is 18.2 Å². The van der Waals surface area contributed by atoms with E-state index in [1.165, 1.54) is 7.11 Å². The van der Waals surface area contributed by atoms with Gasteiger partial charge in [0.15, 0.2) is 11.8 Å². The predicted molar refractivity (Wildman–Crippen MR) is 89.8 cm³/mol. The van der Waals surface area contributed by atoms with Crippen LogP contribution in [0, 0.1) is 0 Å². The van der Waals surface area contributed by atoms with Crippen LogP contribution >= 0.6 is 0 Å². The second-order valence-corrected chi connectivity index (χ2v) is 5.34. The number of aromatic nitrogens is 1. The lowest BCUT2D eigenvalue weighted by Crippen LogP contribution is -2.44. The quantitative estimate of drug-likeness (QED) is 0.686. The number of carbonyl (C=O) groups is 2. The molecular formula is C18H16N2O5. The first-order valence-corrected chi connectivity index (χ1v) is 7.58. The topological polar surface area (TPSA) is 102 Å². The van der Waals surface area contributed by atoms with Gasteiger partial charge in [0.2, 0.25) is 0 Å². The van der Waals surface area contributed by atoms with Crippen molar-refractivity contribution in [1.29, 1.82) is 0 Å². The molecule has 1 amide bonds. The SMILES string of the molecule is COC(=O)[C@H](CO)NC(=O)c1ccc2noc(-c3ccccc3)c2c1. The van der Waals surface area contributed by atoms with Crippen molar-refractivity contribution in [2.45, 2.75) is 6.04 Å². The number of ether oxygens (including phenoxy) is 1. The molecule has 0 bridgehead atoms. The number of amides is 1. The van der Waals surface area contributed by atoms with Crippen molar-refractivity contribution in [3.05, 3.63) is 54.1 Å². The van der Waals surface area contributed by atoms with Crippen LogP contribution in [0.1, 0.15) is 10.4 Å². The fraction of sp³-hybridized carbons (Fsp3) is 0.167. The minimum absolute atomic E-state index is 0.315. The van der Waals surface area contributed by atoms with Gasteiger partial charge in [-0.1, -0.05) is 35.5 Å². The summed E-state index contributed by atoms with van der Waals surface area (Å²) in [4.78, 5) is 23.9. The van der Waals surface area contributed by atoms with Crippen LogP contribution in [-0.4, -0.2) is 41.9 Å². The second-order valence-electron chi connectivity index (χ2n) is 5.34. The highest BCUT2D eigenvalue weighted by atomic mass is 16.5. The Morgan fingerprint density at radius 3 is 2.68 bits per heavy atom. The molecule has 0 aliphatic carbocycles. The highest BCUT2D eigenvalue weighted by Gasteiger charge is 2.22. The van der Waals surface area contributed by atoms with Crippen LogP contribution in [0.5, 0.6) is 0 Å². The molecule has 7 nitrogen and oxygen atoms in total. The second kappa shape index (κ2) is 7.14. The van der Waals surface area contributed by atoms with Crippen molar-refractivity contribution < 1.29 is 24.0 Å². The van der Waals surface area contributed by atoms with Gasteiger partial charge in [-0.2, -0.15) is 0 Å². The van der Waals surface area contributed by atoms with Gasteiger partial charge in [0.05, 0.1) is 19.1 Å². The summed E-state index contributed by atoms with van der Waals surface area (Å²) >= 11 is 0. The van der Waals surface area contributed by atoms with Gasteiger partial charge in [0.25, 0.3) is 5.91 Å². The third kappa shape index (κ3) is 3.36. The molecule has 2 aromatic carbocycles. The van der Waals surface area contributed by atoms with Gasteiger partial charge in [0, 0.05) is 11.1 Å². The Balaban J connectivity index is 1.93. The summed E-state index contributed by atoms with van der Waals surface area (Å²) in [6.45, 7) is -0.552. The Kier molecular flexibility index (Phi) is 4.76. The molecule has 0 saturated heterocycles. The molecule has 0 unspecified atom stereocenters. The largest absolute Gasteiger partial charge is 0.467 e. The number of esters is 1. The Morgan fingerprint density at radius 2 is 2.00 bits per heavy atom. The van der Waals surface area contributed by atoms with Gasteiger partial charge in [-0.3, -0.25) is 4.79 Å². The molecular weight excluding hydrogens is 324 g/mol. The highest BCUT2D eigenvalue weighted by Crippen LogP contribution is 2.29. The van der Waals surface area contributed by atoms with E-state index in [0.29, 0.717) is 22.2 Å². The zero-order chi connectivity index (χ0) is 17.8. The van der Waals surface area contributed by atoms with Crippen LogP contribution in [-0.2, 0) is 9.53 Å². The molecule has 1 heterocycles. The lowest BCUT2D eigenvalue weighted by molar-refractivity contribution is -0.143. The van der Waals surface area contributed by atoms with Gasteiger partial charge in [-0.05, 0) is 18.2 Å². The number of aliphatic hydroxyl groups excluding tert-OH is 1. The number of hydrogen-bond acceptors (Lipinski definition) is 6. The van der Waals surface area contributed by atoms with Crippen molar-refractivity contribution in [3.63, 3.8) is 0 Å². The van der Waals surface area contributed by atoms with E-state index in [-0.39, 0.29) is 0 Å². The molecule has 0 spiro atoms. The summed E-state index contributed by atoms with van der Waals surface area (Å²) in [6.07, 6.45) is 0. The summed E-state index contributed by atoms with van der Waals surface area (Å²) in [6, 6.07) is 13.2. The summed E-state index contributed by atoms with van der Waals surface area (Å²) < 4.78 is 9.93. The zero-order valence-corrected chi connectivity index (χ0v) is 13.4. The van der Waals surface area contributed by atoms with Gasteiger partial charge < -0.3 is 19.7 Å². The number of nitrogens with one attached hydrogen (secondary N) is 1. The molecule has 3 aromatic rings. The van der Waals surface area contributed by atoms with Crippen molar-refractivity contribution in [2.24, 2.45) is 0 Å². The van der Waals surface area contributed by atoms with Crippen LogP contribution in [0.25, 0.3) is 22.2 Å². The van der Waals surface area contributed by atoms with Crippen molar-refractivity contribution in [3.8, 4) is 11.3 Å². The molecule has 7 heteroatoms. The van der Waals surface area contributed by atoms with Crippen LogP contribution < -0.4 is 5.32 Å². The molecule has 0 radical (unpaired) electrons. The standard InChI is InChI=1S/C18H16N2O5/c1-24-18(23)15(10-21)19-17(22)12-7-8-14-13(9-12)16(25-20-14)11-5-3-2-4-6-11/h2-9,15,21H,10H2,1H3,(H,19,22)/t15-/m0/s1. The molecule has 128 valence electrons. The first kappa shape index (κ1) is 16.7. The lowest BCUT2D eigenvalue weighted by atomic mass is 10.1. The minimum atomic E-state index is -1.12. The molecule has 25 heavy (non-hydrogen) atoms. The number of hydrogen-bond donors (Lipinski definition) is 2. The number of carbonyl (C=O) groups excluding carboxylic acids is 2. The van der Waals surface area contributed by atoms with E-state index in [0.717, 1.165) is 5.56 Å². The Labute approximate surface area is 143 Å². The summed E-state index contributed by atoms with van der Waals surface area (Å²) in [5.74, 6) is -0.671. The average molecular weight is 340 g/mol. The van der Waals surface area contributed by atoms with Crippen LogP contribution in [0.3, 0.4) is 0 Å². The normalized spacial score (nSPS) is 11.9. The van der Waals surface area contributed by atoms with E-state index in [1.807, 2.05) is 30.3 Å². The Bertz CT molecular complexity index is 904. The number of methoxy groups -OCH3 is 1. The van der Waals surface area contributed by atoms with Crippen molar-refractivity contribution >= 4 is 22.8 Å². The van der Waals surface area contributed by atoms with Crippen LogP contribution in [0.2, 0.25) is 0 Å². The summed E-state index contributed by atoms with van der Waals surface area (Å²) in [7, 11) is 1.19. The first-order valence-electron chi connectivity index (χ1n) is 7.58. The smallest absolute Gasteiger partial charge is 0.330 e. The summed E-state index contributed by atoms with van der Waals surface area (Å²) in [5, 5.41) is 16.3. The molecule has 3 rings (SSSR count). The van der Waals surface area contributed by atoms with E-state index in [4.69, 9.17) is 4.52 Å². The number of rotatable bonds is 5. The van der Waals surface area contributed by atoms with Crippen molar-refractivity contribution in [1.82, 2.24) is 10.5 Å². The molecule has 2 N–H and O–H groups in total. The fourth-order valence-electron chi connectivity index (χ4n) is 2.44. The Hall–Kier alpha value is -3.19. The number of nitrogens with zero attached hydrogens (tertiary/aromatic N) is 1. The maximum absolute atomic E-state index is 12.4. The zero-order valence-electron chi connectivity index (χ0n) is 13.4. The average Bonchev–Trinajstić information content (AvgIpc) is 3.09. The van der Waals surface area contributed by atoms with Crippen molar-refractivity contribution in [2.75, 3.05) is 13.7 Å². The number of benzene rings is 2. The molecule has 1 atom stereocenters. The third-order valence-corrected chi connectivity index (χ3v) is 3.75. The first-order chi connectivity index (χ1) is 12.1. The Morgan fingerprint density at radius 1 is 1.24 bits per heavy atom. The molecule has 0 saturated carbocycles. The minimum Gasteiger partial charge on any atom is -0.467 e. The fourth-order valence-corrected chi connectivity index (χ4v) is 2.44. The number of fused-ring (bicyclic) bond motifs is 1. The molecule has 1 aromatic heterocycles. The number of aliphatic hydroxyl groups is 1. The van der Waals surface area contributed by atoms with E-state index >= 15 is 0 Å². The molecule has 0 aliphatic rings. The van der Waals surface area contributed by atoms with Crippen LogP contribution in [0.4, 0.5) is 0 Å². The van der Waals surface area contributed by atoms with Gasteiger partial charge in [-0.25, -0.2) is 4.79 Å². The van der Waals surface area contributed by atoms with Crippen LogP contribution in [0.15, 0.2) is 53.1 Å². The lowest BCUT2D eigenvalue weighted by Gasteiger charge is -2.13. The van der Waals surface area contributed by atoms with E-state index in [2.05, 4.69) is 15.2 Å². The monoisotopic (exact) mass is 340 g/mol. The van der Waals surface area contributed by atoms with Gasteiger partial charge in [0.1, 0.15) is 5.52 Å². The maximum atomic E-state index is 12.4. The predicted octanol–water partition coefficient (Wildman–Crippen LogP) is 1.76. The highest BCUT2D eigenvalue weighted by molar-refractivity contribution is 6.02. The van der Waals surface area contributed by atoms with E-state index in [9.17, 15) is 14.7 Å².